The molecule has 0 radical (unpaired) electrons. The Bertz CT molecular complexity index is 488. The first-order valence-corrected chi connectivity index (χ1v) is 5.27. The summed E-state index contributed by atoms with van der Waals surface area (Å²) in [5, 5.41) is 0. The highest BCUT2D eigenvalue weighted by Crippen LogP contribution is 2.16. The topological polar surface area (TPSA) is 34.9 Å². The highest BCUT2D eigenvalue weighted by Gasteiger charge is 2.07. The van der Waals surface area contributed by atoms with Crippen LogP contribution in [0.25, 0.3) is 5.69 Å². The van der Waals surface area contributed by atoms with Gasteiger partial charge in [0.05, 0.1) is 0 Å². The van der Waals surface area contributed by atoms with Crippen LogP contribution in [0.1, 0.15) is 16.3 Å². The molecule has 0 fully saturated rings. The molecular formula is C11H9BrN2O. The molecule has 15 heavy (non-hydrogen) atoms. The highest BCUT2D eigenvalue weighted by atomic mass is 79.9. The van der Waals surface area contributed by atoms with Gasteiger partial charge in [0.15, 0.2) is 12.1 Å². The van der Waals surface area contributed by atoms with Crippen LogP contribution in [0, 0.1) is 6.92 Å². The van der Waals surface area contributed by atoms with Crippen LogP contribution in [-0.2, 0) is 0 Å². The molecule has 0 amide bonds. The van der Waals surface area contributed by atoms with Crippen molar-refractivity contribution >= 4 is 22.2 Å². The lowest BCUT2D eigenvalue weighted by Gasteiger charge is -2.06. The lowest BCUT2D eigenvalue weighted by Crippen LogP contribution is -2.01. The zero-order chi connectivity index (χ0) is 10.8. The fourth-order valence-corrected chi connectivity index (χ4v) is 1.73. The lowest BCUT2D eigenvalue weighted by atomic mass is 10.3. The minimum atomic E-state index is 0.426. The normalized spacial score (nSPS) is 10.3. The maximum Gasteiger partial charge on any atom is 0.185 e. The molecule has 0 spiro atoms. The predicted molar refractivity (Wildman–Crippen MR) is 61.4 cm³/mol. The average molecular weight is 265 g/mol. The number of aldehydes is 1. The summed E-state index contributed by atoms with van der Waals surface area (Å²) in [5.41, 5.74) is 1.88. The third-order valence-corrected chi connectivity index (χ3v) is 2.68. The van der Waals surface area contributed by atoms with E-state index in [4.69, 9.17) is 0 Å². The Kier molecular flexibility index (Phi) is 2.68. The van der Waals surface area contributed by atoms with E-state index in [0.717, 1.165) is 22.1 Å². The largest absolute Gasteiger partial charge is 0.295 e. The molecule has 0 N–H and O–H groups in total. The van der Waals surface area contributed by atoms with Crippen molar-refractivity contribution < 1.29 is 4.79 Å². The van der Waals surface area contributed by atoms with Crippen LogP contribution in [0.15, 0.2) is 34.9 Å². The van der Waals surface area contributed by atoms with Gasteiger partial charge >= 0.3 is 0 Å². The second-order valence-corrected chi connectivity index (χ2v) is 4.10. The average Bonchev–Trinajstić information content (AvgIpc) is 2.61. The molecule has 4 heteroatoms. The number of nitrogens with zero attached hydrogens (tertiary/aromatic N) is 2. The van der Waals surface area contributed by atoms with Gasteiger partial charge in [0.1, 0.15) is 0 Å². The number of halogens is 1. The molecule has 0 saturated heterocycles. The number of rotatable bonds is 2. The number of carbonyl (C=O) groups excluding carboxylic acids is 1. The van der Waals surface area contributed by atoms with E-state index in [2.05, 4.69) is 20.9 Å². The van der Waals surface area contributed by atoms with E-state index < -0.39 is 0 Å². The summed E-state index contributed by atoms with van der Waals surface area (Å²) in [6.45, 7) is 1.92. The second-order valence-electron chi connectivity index (χ2n) is 3.19. The standard InChI is InChI=1S/C11H9BrN2O/c1-8-6-13-11(7-15)14(8)10-4-2-9(12)3-5-10/h2-7H,1H3. The maximum atomic E-state index is 10.8. The summed E-state index contributed by atoms with van der Waals surface area (Å²) in [5.74, 6) is 0.426. The summed E-state index contributed by atoms with van der Waals surface area (Å²) in [7, 11) is 0. The SMILES string of the molecule is Cc1cnc(C=O)n1-c1ccc(Br)cc1. The molecule has 1 heterocycles. The number of imidazole rings is 1. The number of benzene rings is 1. The number of carbonyl (C=O) groups is 1. The van der Waals surface area contributed by atoms with Crippen molar-refractivity contribution in [1.82, 2.24) is 9.55 Å². The molecule has 2 rings (SSSR count). The fraction of sp³-hybridized carbons (Fsp3) is 0.0909. The number of aryl methyl sites for hydroxylation is 1. The molecule has 2 aromatic rings. The van der Waals surface area contributed by atoms with E-state index in [1.165, 1.54) is 0 Å². The molecule has 76 valence electrons. The van der Waals surface area contributed by atoms with Crippen LogP contribution >= 0.6 is 15.9 Å². The Morgan fingerprint density at radius 3 is 2.60 bits per heavy atom. The minimum Gasteiger partial charge on any atom is -0.295 e. The predicted octanol–water partition coefficient (Wildman–Crippen LogP) is 2.76. The first-order valence-electron chi connectivity index (χ1n) is 4.48. The first-order chi connectivity index (χ1) is 7.22. The van der Waals surface area contributed by atoms with Crippen LogP contribution in [-0.4, -0.2) is 15.8 Å². The van der Waals surface area contributed by atoms with Crippen LogP contribution in [0.5, 0.6) is 0 Å². The summed E-state index contributed by atoms with van der Waals surface area (Å²) in [6, 6.07) is 7.74. The molecule has 3 nitrogen and oxygen atoms in total. The third-order valence-electron chi connectivity index (χ3n) is 2.16. The Labute approximate surface area is 95.9 Å². The molecule has 0 bridgehead atoms. The van der Waals surface area contributed by atoms with Gasteiger partial charge in [0, 0.05) is 22.1 Å². The summed E-state index contributed by atoms with van der Waals surface area (Å²) >= 11 is 3.37. The summed E-state index contributed by atoms with van der Waals surface area (Å²) in [6.07, 6.45) is 2.45. The van der Waals surface area contributed by atoms with Gasteiger partial charge in [-0.15, -0.1) is 0 Å². The van der Waals surface area contributed by atoms with Gasteiger partial charge in [-0.2, -0.15) is 0 Å². The van der Waals surface area contributed by atoms with Crippen LogP contribution in [0.4, 0.5) is 0 Å². The van der Waals surface area contributed by atoms with Crippen molar-refractivity contribution in [2.24, 2.45) is 0 Å². The van der Waals surface area contributed by atoms with Gasteiger partial charge in [-0.1, -0.05) is 15.9 Å². The summed E-state index contributed by atoms with van der Waals surface area (Å²) in [4.78, 5) is 14.8. The molecule has 0 aliphatic heterocycles. The monoisotopic (exact) mass is 264 g/mol. The molecule has 0 saturated carbocycles. The molecule has 1 aromatic heterocycles. The summed E-state index contributed by atoms with van der Waals surface area (Å²) < 4.78 is 2.83. The van der Waals surface area contributed by atoms with Crippen molar-refractivity contribution in [1.29, 1.82) is 0 Å². The number of hydrogen-bond acceptors (Lipinski definition) is 2. The van der Waals surface area contributed by atoms with Crippen LogP contribution < -0.4 is 0 Å². The van der Waals surface area contributed by atoms with E-state index in [0.29, 0.717) is 5.82 Å². The zero-order valence-electron chi connectivity index (χ0n) is 8.14. The third kappa shape index (κ3) is 1.85. The van der Waals surface area contributed by atoms with E-state index in [-0.39, 0.29) is 0 Å². The Hall–Kier alpha value is -1.42. The van der Waals surface area contributed by atoms with Gasteiger partial charge in [-0.05, 0) is 31.2 Å². The van der Waals surface area contributed by atoms with E-state index in [1.54, 1.807) is 6.20 Å². The van der Waals surface area contributed by atoms with E-state index in [9.17, 15) is 4.79 Å². The van der Waals surface area contributed by atoms with Crippen molar-refractivity contribution in [3.63, 3.8) is 0 Å². The Morgan fingerprint density at radius 1 is 1.33 bits per heavy atom. The quantitative estimate of drug-likeness (QED) is 0.782. The van der Waals surface area contributed by atoms with Crippen LogP contribution in [0.2, 0.25) is 0 Å². The smallest absolute Gasteiger partial charge is 0.185 e. The molecule has 0 aliphatic rings. The van der Waals surface area contributed by atoms with Gasteiger partial charge in [0.25, 0.3) is 0 Å². The fourth-order valence-electron chi connectivity index (χ4n) is 1.46. The molecule has 0 atom stereocenters. The number of hydrogen-bond donors (Lipinski definition) is 0. The maximum absolute atomic E-state index is 10.8. The van der Waals surface area contributed by atoms with E-state index in [1.807, 2.05) is 35.8 Å². The Balaban J connectivity index is 2.57. The number of aromatic nitrogens is 2. The van der Waals surface area contributed by atoms with Gasteiger partial charge < -0.3 is 0 Å². The molecule has 1 aromatic carbocycles. The van der Waals surface area contributed by atoms with Crippen molar-refractivity contribution in [2.45, 2.75) is 6.92 Å². The minimum absolute atomic E-state index is 0.426. The zero-order valence-corrected chi connectivity index (χ0v) is 9.73. The van der Waals surface area contributed by atoms with Crippen molar-refractivity contribution in [2.75, 3.05) is 0 Å². The first kappa shape index (κ1) is 10.1. The van der Waals surface area contributed by atoms with Gasteiger partial charge in [-0.3, -0.25) is 9.36 Å². The second kappa shape index (κ2) is 3.98. The lowest BCUT2D eigenvalue weighted by molar-refractivity contribution is 0.111. The highest BCUT2D eigenvalue weighted by molar-refractivity contribution is 9.10. The van der Waals surface area contributed by atoms with Gasteiger partial charge in [0.2, 0.25) is 0 Å². The Morgan fingerprint density at radius 2 is 2.00 bits per heavy atom. The van der Waals surface area contributed by atoms with Gasteiger partial charge in [-0.25, -0.2) is 4.98 Å². The molecule has 0 unspecified atom stereocenters. The van der Waals surface area contributed by atoms with Crippen molar-refractivity contribution in [3.05, 3.63) is 46.5 Å². The van der Waals surface area contributed by atoms with Crippen molar-refractivity contribution in [3.8, 4) is 5.69 Å². The molecular weight excluding hydrogens is 256 g/mol. The molecule has 0 aliphatic carbocycles. The van der Waals surface area contributed by atoms with Crippen LogP contribution in [0.3, 0.4) is 0 Å². The van der Waals surface area contributed by atoms with E-state index >= 15 is 0 Å².